The Kier molecular flexibility index (Phi) is 4.98. The van der Waals surface area contributed by atoms with Gasteiger partial charge in [-0.2, -0.15) is 0 Å². The second-order valence-electron chi connectivity index (χ2n) is 4.14. The number of nitrogen functional groups attached to an aromatic ring is 2. The van der Waals surface area contributed by atoms with Crippen molar-refractivity contribution in [2.24, 2.45) is 5.73 Å². The number of thioether (sulfide) groups is 1. The van der Waals surface area contributed by atoms with Crippen LogP contribution in [0.2, 0.25) is 0 Å². The van der Waals surface area contributed by atoms with Gasteiger partial charge in [-0.25, -0.2) is 14.4 Å². The molecule has 0 aliphatic heterocycles. The fraction of sp³-hybridized carbons (Fsp3) is 0.143. The lowest BCUT2D eigenvalue weighted by Crippen LogP contribution is -1.99. The molecule has 0 radical (unpaired) electrons. The molecule has 0 aliphatic rings. The molecule has 5 nitrogen and oxygen atoms in total. The molecule has 2 aromatic rings. The van der Waals surface area contributed by atoms with Crippen LogP contribution in [0.25, 0.3) is 0 Å². The van der Waals surface area contributed by atoms with Crippen molar-refractivity contribution in [1.29, 1.82) is 0 Å². The highest BCUT2D eigenvalue weighted by atomic mass is 32.2. The molecule has 0 spiro atoms. The Morgan fingerprint density at radius 2 is 1.81 bits per heavy atom. The zero-order valence-electron chi connectivity index (χ0n) is 11.1. The van der Waals surface area contributed by atoms with Gasteiger partial charge in [0.2, 0.25) is 0 Å². The Labute approximate surface area is 126 Å². The van der Waals surface area contributed by atoms with E-state index in [2.05, 4.69) is 21.8 Å². The van der Waals surface area contributed by atoms with Gasteiger partial charge in [-0.15, -0.1) is 0 Å². The number of hydrogen-bond acceptors (Lipinski definition) is 6. The normalized spacial score (nSPS) is 10.0. The lowest BCUT2D eigenvalue weighted by atomic mass is 10.1. The van der Waals surface area contributed by atoms with Gasteiger partial charge in [0.1, 0.15) is 17.5 Å². The van der Waals surface area contributed by atoms with Crippen LogP contribution in [0.5, 0.6) is 0 Å². The molecule has 6 N–H and O–H groups in total. The SMILES string of the molecule is NCC#Cc1cc(F)cc(CSc2nc(N)cc(N)n2)c1. The molecular formula is C14H14FN5S. The second kappa shape index (κ2) is 6.92. The molecule has 1 aromatic heterocycles. The van der Waals surface area contributed by atoms with E-state index in [1.807, 2.05) is 0 Å². The van der Waals surface area contributed by atoms with Crippen molar-refractivity contribution in [2.75, 3.05) is 18.0 Å². The highest BCUT2D eigenvalue weighted by Crippen LogP contribution is 2.22. The van der Waals surface area contributed by atoms with Gasteiger partial charge in [0.25, 0.3) is 0 Å². The van der Waals surface area contributed by atoms with E-state index in [-0.39, 0.29) is 12.4 Å². The van der Waals surface area contributed by atoms with Crippen LogP contribution in [0.4, 0.5) is 16.0 Å². The zero-order valence-corrected chi connectivity index (χ0v) is 12.0. The maximum absolute atomic E-state index is 13.5. The van der Waals surface area contributed by atoms with Crippen LogP contribution in [-0.2, 0) is 5.75 Å². The van der Waals surface area contributed by atoms with Crippen LogP contribution in [0, 0.1) is 17.7 Å². The first-order valence-electron chi connectivity index (χ1n) is 6.08. The molecule has 2 rings (SSSR count). The number of nitrogens with zero attached hydrogens (tertiary/aromatic N) is 2. The van der Waals surface area contributed by atoms with Gasteiger partial charge in [0.15, 0.2) is 5.16 Å². The lowest BCUT2D eigenvalue weighted by Gasteiger charge is -2.04. The Morgan fingerprint density at radius 3 is 2.48 bits per heavy atom. The number of anilines is 2. The summed E-state index contributed by atoms with van der Waals surface area (Å²) in [6, 6.07) is 6.09. The minimum absolute atomic E-state index is 0.233. The average Bonchev–Trinajstić information content (AvgIpc) is 2.41. The van der Waals surface area contributed by atoms with Crippen molar-refractivity contribution in [2.45, 2.75) is 10.9 Å². The van der Waals surface area contributed by atoms with Crippen LogP contribution < -0.4 is 17.2 Å². The number of aromatic nitrogens is 2. The van der Waals surface area contributed by atoms with Gasteiger partial charge in [0.05, 0.1) is 6.54 Å². The molecule has 0 unspecified atom stereocenters. The third kappa shape index (κ3) is 4.63. The molecular weight excluding hydrogens is 289 g/mol. The minimum atomic E-state index is -0.345. The van der Waals surface area contributed by atoms with E-state index in [4.69, 9.17) is 17.2 Å². The van der Waals surface area contributed by atoms with Gasteiger partial charge in [-0.1, -0.05) is 23.6 Å². The number of halogens is 1. The summed E-state index contributed by atoms with van der Waals surface area (Å²) in [5.74, 6) is 6.25. The number of benzene rings is 1. The van der Waals surface area contributed by atoms with Gasteiger partial charge >= 0.3 is 0 Å². The van der Waals surface area contributed by atoms with E-state index in [1.54, 1.807) is 6.07 Å². The first-order chi connectivity index (χ1) is 10.1. The highest BCUT2D eigenvalue weighted by molar-refractivity contribution is 7.98. The van der Waals surface area contributed by atoms with Crippen LogP contribution in [-0.4, -0.2) is 16.5 Å². The first kappa shape index (κ1) is 15.1. The van der Waals surface area contributed by atoms with Crippen LogP contribution in [0.1, 0.15) is 11.1 Å². The Morgan fingerprint density at radius 1 is 1.10 bits per heavy atom. The van der Waals surface area contributed by atoms with Crippen molar-refractivity contribution in [3.8, 4) is 11.8 Å². The molecule has 7 heteroatoms. The third-order valence-corrected chi connectivity index (χ3v) is 3.32. The van der Waals surface area contributed by atoms with Crippen LogP contribution in [0.15, 0.2) is 29.4 Å². The summed E-state index contributed by atoms with van der Waals surface area (Å²) in [7, 11) is 0. The zero-order chi connectivity index (χ0) is 15.2. The number of rotatable bonds is 3. The summed E-state index contributed by atoms with van der Waals surface area (Å²) >= 11 is 1.32. The Balaban J connectivity index is 2.14. The number of hydrogen-bond donors (Lipinski definition) is 3. The molecule has 0 atom stereocenters. The van der Waals surface area contributed by atoms with Crippen molar-refractivity contribution in [3.05, 3.63) is 41.2 Å². The Bertz CT molecular complexity index is 688. The predicted molar refractivity (Wildman–Crippen MR) is 82.8 cm³/mol. The predicted octanol–water partition coefficient (Wildman–Crippen LogP) is 1.38. The van der Waals surface area contributed by atoms with Gasteiger partial charge in [-0.3, -0.25) is 0 Å². The molecule has 21 heavy (non-hydrogen) atoms. The average molecular weight is 303 g/mol. The molecule has 108 valence electrons. The molecule has 0 amide bonds. The maximum atomic E-state index is 13.5. The summed E-state index contributed by atoms with van der Waals surface area (Å²) in [5, 5.41) is 0.450. The molecule has 0 fully saturated rings. The monoisotopic (exact) mass is 303 g/mol. The van der Waals surface area contributed by atoms with Gasteiger partial charge in [0, 0.05) is 17.4 Å². The minimum Gasteiger partial charge on any atom is -0.383 e. The van der Waals surface area contributed by atoms with Crippen molar-refractivity contribution < 1.29 is 4.39 Å². The lowest BCUT2D eigenvalue weighted by molar-refractivity contribution is 0.626. The van der Waals surface area contributed by atoms with Crippen molar-refractivity contribution in [3.63, 3.8) is 0 Å². The second-order valence-corrected chi connectivity index (χ2v) is 5.09. The van der Waals surface area contributed by atoms with Gasteiger partial charge in [-0.05, 0) is 23.8 Å². The van der Waals surface area contributed by atoms with E-state index >= 15 is 0 Å². The largest absolute Gasteiger partial charge is 0.383 e. The van der Waals surface area contributed by atoms with Gasteiger partial charge < -0.3 is 17.2 Å². The molecule has 0 aliphatic carbocycles. The summed E-state index contributed by atoms with van der Waals surface area (Å²) < 4.78 is 13.5. The van der Waals surface area contributed by atoms with E-state index in [0.29, 0.717) is 28.1 Å². The number of nitrogens with two attached hydrogens (primary N) is 3. The summed E-state index contributed by atoms with van der Waals surface area (Å²) in [6.45, 7) is 0.233. The van der Waals surface area contributed by atoms with E-state index in [1.165, 1.54) is 30.0 Å². The quantitative estimate of drug-likeness (QED) is 0.449. The fourth-order valence-electron chi connectivity index (χ4n) is 1.63. The van der Waals surface area contributed by atoms with E-state index in [9.17, 15) is 4.39 Å². The maximum Gasteiger partial charge on any atom is 0.191 e. The van der Waals surface area contributed by atoms with Crippen LogP contribution >= 0.6 is 11.8 Å². The smallest absolute Gasteiger partial charge is 0.191 e. The third-order valence-electron chi connectivity index (χ3n) is 2.41. The van der Waals surface area contributed by atoms with Crippen molar-refractivity contribution >= 4 is 23.4 Å². The summed E-state index contributed by atoms with van der Waals surface area (Å²) in [5.41, 5.74) is 17.9. The first-order valence-corrected chi connectivity index (χ1v) is 7.06. The topological polar surface area (TPSA) is 104 Å². The molecule has 1 aromatic carbocycles. The van der Waals surface area contributed by atoms with E-state index in [0.717, 1.165) is 5.56 Å². The molecule has 0 bridgehead atoms. The molecule has 0 saturated carbocycles. The Hall–Kier alpha value is -2.30. The standard InChI is InChI=1S/C14H14FN5S/c15-11-5-9(2-1-3-16)4-10(6-11)8-21-14-19-12(17)7-13(18)20-14/h4-7H,3,8,16H2,(H4,17,18,19,20). The van der Waals surface area contributed by atoms with E-state index < -0.39 is 0 Å². The molecule has 0 saturated heterocycles. The van der Waals surface area contributed by atoms with Crippen molar-refractivity contribution in [1.82, 2.24) is 9.97 Å². The summed E-state index contributed by atoms with van der Waals surface area (Å²) in [4.78, 5) is 8.11. The fourth-order valence-corrected chi connectivity index (χ4v) is 2.44. The van der Waals surface area contributed by atoms with Crippen LogP contribution in [0.3, 0.4) is 0 Å². The highest BCUT2D eigenvalue weighted by Gasteiger charge is 2.04. The summed E-state index contributed by atoms with van der Waals surface area (Å²) in [6.07, 6.45) is 0. The molecule has 1 heterocycles.